The molecule has 0 radical (unpaired) electrons. The highest BCUT2D eigenvalue weighted by Crippen LogP contribution is 2.38. The van der Waals surface area contributed by atoms with Gasteiger partial charge in [0.1, 0.15) is 5.75 Å². The van der Waals surface area contributed by atoms with Crippen molar-refractivity contribution in [2.75, 3.05) is 0 Å². The molecule has 1 unspecified atom stereocenters. The molecule has 15 heavy (non-hydrogen) atoms. The van der Waals surface area contributed by atoms with Crippen LogP contribution < -0.4 is 5.73 Å². The van der Waals surface area contributed by atoms with Crippen molar-refractivity contribution in [3.8, 4) is 5.75 Å². The van der Waals surface area contributed by atoms with Gasteiger partial charge in [0.25, 0.3) is 0 Å². The van der Waals surface area contributed by atoms with Crippen molar-refractivity contribution in [3.63, 3.8) is 0 Å². The largest absolute Gasteiger partial charge is 0.508 e. The van der Waals surface area contributed by atoms with Crippen LogP contribution in [0.4, 0.5) is 13.2 Å². The van der Waals surface area contributed by atoms with Gasteiger partial charge < -0.3 is 10.8 Å². The summed E-state index contributed by atoms with van der Waals surface area (Å²) < 4.78 is 37.1. The third-order valence-electron chi connectivity index (χ3n) is 1.89. The molecule has 1 aromatic rings. The molecule has 0 aromatic heterocycles. The van der Waals surface area contributed by atoms with Crippen molar-refractivity contribution >= 4 is 15.9 Å². The minimum Gasteiger partial charge on any atom is -0.508 e. The summed E-state index contributed by atoms with van der Waals surface area (Å²) in [5.74, 6) is -0.452. The van der Waals surface area contributed by atoms with Crippen molar-refractivity contribution in [3.05, 3.63) is 27.7 Å². The van der Waals surface area contributed by atoms with Gasteiger partial charge >= 0.3 is 6.18 Å². The smallest absolute Gasteiger partial charge is 0.416 e. The van der Waals surface area contributed by atoms with E-state index in [0.29, 0.717) is 6.07 Å². The van der Waals surface area contributed by atoms with E-state index in [1.165, 1.54) is 0 Å². The molecule has 0 heterocycles. The number of benzene rings is 1. The van der Waals surface area contributed by atoms with Gasteiger partial charge in [-0.2, -0.15) is 13.2 Å². The summed E-state index contributed by atoms with van der Waals surface area (Å²) in [5, 5.41) is 9.40. The van der Waals surface area contributed by atoms with E-state index in [4.69, 9.17) is 5.73 Å². The van der Waals surface area contributed by atoms with Crippen molar-refractivity contribution in [2.45, 2.75) is 19.1 Å². The molecule has 0 amide bonds. The van der Waals surface area contributed by atoms with E-state index >= 15 is 0 Å². The maximum atomic E-state index is 12.3. The number of halogens is 4. The zero-order valence-corrected chi connectivity index (χ0v) is 9.35. The lowest BCUT2D eigenvalue weighted by atomic mass is 10.1. The standard InChI is InChI=1S/C9H9BrF3NO/c1-4(14)8-6(10)2-5(3-7(8)15)9(11,12)13/h2-4,15H,14H2,1H3. The molecule has 0 aliphatic rings. The average molecular weight is 284 g/mol. The number of aromatic hydroxyl groups is 1. The number of phenolic OH excluding ortho intramolecular Hbond substituents is 1. The molecular weight excluding hydrogens is 275 g/mol. The molecule has 0 aliphatic carbocycles. The van der Waals surface area contributed by atoms with Gasteiger partial charge in [0.2, 0.25) is 0 Å². The summed E-state index contributed by atoms with van der Waals surface area (Å²) in [7, 11) is 0. The Morgan fingerprint density at radius 3 is 2.27 bits per heavy atom. The zero-order valence-electron chi connectivity index (χ0n) is 7.77. The first kappa shape index (κ1) is 12.3. The summed E-state index contributed by atoms with van der Waals surface area (Å²) >= 11 is 2.95. The Bertz CT molecular complexity index is 353. The highest BCUT2D eigenvalue weighted by molar-refractivity contribution is 9.10. The lowest BCUT2D eigenvalue weighted by Crippen LogP contribution is -2.09. The number of phenols is 1. The van der Waals surface area contributed by atoms with Crippen LogP contribution >= 0.6 is 15.9 Å². The van der Waals surface area contributed by atoms with Gasteiger partial charge in [-0.1, -0.05) is 15.9 Å². The van der Waals surface area contributed by atoms with E-state index in [0.717, 1.165) is 6.07 Å². The summed E-state index contributed by atoms with van der Waals surface area (Å²) in [6.07, 6.45) is -4.48. The monoisotopic (exact) mass is 283 g/mol. The second kappa shape index (κ2) is 4.02. The zero-order chi connectivity index (χ0) is 11.8. The molecule has 0 bridgehead atoms. The van der Waals surface area contributed by atoms with Crippen LogP contribution in [0.25, 0.3) is 0 Å². The molecule has 1 rings (SSSR count). The van der Waals surface area contributed by atoms with Crippen molar-refractivity contribution in [1.29, 1.82) is 0 Å². The number of hydrogen-bond acceptors (Lipinski definition) is 2. The first-order chi connectivity index (χ1) is 6.73. The maximum Gasteiger partial charge on any atom is 0.416 e. The number of nitrogens with two attached hydrogens (primary N) is 1. The van der Waals surface area contributed by atoms with Gasteiger partial charge in [-0.15, -0.1) is 0 Å². The van der Waals surface area contributed by atoms with Crippen LogP contribution in [0, 0.1) is 0 Å². The highest BCUT2D eigenvalue weighted by Gasteiger charge is 2.32. The van der Waals surface area contributed by atoms with Crippen LogP contribution in [-0.2, 0) is 6.18 Å². The molecule has 84 valence electrons. The van der Waals surface area contributed by atoms with Crippen LogP contribution in [0.1, 0.15) is 24.1 Å². The van der Waals surface area contributed by atoms with Gasteiger partial charge in [0.05, 0.1) is 5.56 Å². The molecular formula is C9H9BrF3NO. The predicted molar refractivity (Wildman–Crippen MR) is 53.4 cm³/mol. The first-order valence-corrected chi connectivity index (χ1v) is 4.88. The van der Waals surface area contributed by atoms with Crippen molar-refractivity contribution in [1.82, 2.24) is 0 Å². The number of alkyl halides is 3. The fraction of sp³-hybridized carbons (Fsp3) is 0.333. The Balaban J connectivity index is 3.32. The molecule has 0 fully saturated rings. The Kier molecular flexibility index (Phi) is 3.30. The van der Waals surface area contributed by atoms with Crippen LogP contribution in [0.15, 0.2) is 16.6 Å². The highest BCUT2D eigenvalue weighted by atomic mass is 79.9. The minimum absolute atomic E-state index is 0.157. The SMILES string of the molecule is CC(N)c1c(O)cc(C(F)(F)F)cc1Br. The van der Waals surface area contributed by atoms with E-state index < -0.39 is 23.5 Å². The van der Waals surface area contributed by atoms with Gasteiger partial charge in [-0.25, -0.2) is 0 Å². The van der Waals surface area contributed by atoms with Crippen LogP contribution in [0.2, 0.25) is 0 Å². The second-order valence-corrected chi connectivity index (χ2v) is 4.03. The fourth-order valence-corrected chi connectivity index (χ4v) is 2.03. The molecule has 6 heteroatoms. The van der Waals surface area contributed by atoms with Crippen molar-refractivity contribution in [2.24, 2.45) is 5.73 Å². The molecule has 1 atom stereocenters. The summed E-state index contributed by atoms with van der Waals surface area (Å²) in [6.45, 7) is 1.58. The normalized spacial score (nSPS) is 14.0. The molecule has 2 nitrogen and oxygen atoms in total. The quantitative estimate of drug-likeness (QED) is 0.832. The van der Waals surface area contributed by atoms with E-state index in [9.17, 15) is 18.3 Å². The third-order valence-corrected chi connectivity index (χ3v) is 2.55. The van der Waals surface area contributed by atoms with Gasteiger partial charge in [-0.3, -0.25) is 0 Å². The Morgan fingerprint density at radius 1 is 1.40 bits per heavy atom. The molecule has 1 aromatic carbocycles. The third kappa shape index (κ3) is 2.63. The molecule has 0 spiro atoms. The lowest BCUT2D eigenvalue weighted by Gasteiger charge is -2.14. The minimum atomic E-state index is -4.48. The number of rotatable bonds is 1. The van der Waals surface area contributed by atoms with Crippen LogP contribution in [0.5, 0.6) is 5.75 Å². The van der Waals surface area contributed by atoms with E-state index in [2.05, 4.69) is 15.9 Å². The maximum absolute atomic E-state index is 12.3. The molecule has 0 saturated heterocycles. The molecule has 3 N–H and O–H groups in total. The van der Waals surface area contributed by atoms with Gasteiger partial charge in [0, 0.05) is 16.1 Å². The van der Waals surface area contributed by atoms with Gasteiger partial charge in [-0.05, 0) is 19.1 Å². The van der Waals surface area contributed by atoms with E-state index in [1.807, 2.05) is 0 Å². The predicted octanol–water partition coefficient (Wildman–Crippen LogP) is 3.19. The Hall–Kier alpha value is -0.750. The first-order valence-electron chi connectivity index (χ1n) is 4.08. The van der Waals surface area contributed by atoms with Crippen molar-refractivity contribution < 1.29 is 18.3 Å². The molecule has 0 saturated carbocycles. The average Bonchev–Trinajstić information content (AvgIpc) is 1.99. The summed E-state index contributed by atoms with van der Waals surface area (Å²) in [6, 6.07) is 1.03. The molecule has 0 aliphatic heterocycles. The van der Waals surface area contributed by atoms with Crippen LogP contribution in [0.3, 0.4) is 0 Å². The summed E-state index contributed by atoms with van der Waals surface area (Å²) in [5.41, 5.74) is 4.86. The topological polar surface area (TPSA) is 46.2 Å². The number of hydrogen-bond donors (Lipinski definition) is 2. The van der Waals surface area contributed by atoms with Crippen LogP contribution in [-0.4, -0.2) is 5.11 Å². The summed E-state index contributed by atoms with van der Waals surface area (Å²) in [4.78, 5) is 0. The fourth-order valence-electron chi connectivity index (χ4n) is 1.22. The van der Waals surface area contributed by atoms with Gasteiger partial charge in [0.15, 0.2) is 0 Å². The Morgan fingerprint density at radius 2 is 1.93 bits per heavy atom. The second-order valence-electron chi connectivity index (χ2n) is 3.18. The Labute approximate surface area is 93.0 Å². The van der Waals surface area contributed by atoms with E-state index in [1.54, 1.807) is 6.92 Å². The van der Waals surface area contributed by atoms with E-state index in [-0.39, 0.29) is 10.0 Å². The lowest BCUT2D eigenvalue weighted by molar-refractivity contribution is -0.137.